The number of aryl methyl sites for hydroxylation is 2. The van der Waals surface area contributed by atoms with Gasteiger partial charge < -0.3 is 24.8 Å². The maximum atomic E-state index is 3.67. The number of fused-ring (bicyclic) bond motifs is 3. The van der Waals surface area contributed by atoms with Gasteiger partial charge >= 0.3 is 98.9 Å². The fraction of sp³-hybridized carbons (Fsp3) is 0.268. The van der Waals surface area contributed by atoms with Crippen molar-refractivity contribution in [3.05, 3.63) is 160 Å². The SMILES string of the molecule is CC(C)(C)c1[c-]c2c(cc1)-c1ccc(C(C)(C)C)cc1C2.Cc1c[cH-]c(C)c1.[Cl-].[Cl-].[Hf+2]=[C](c1ccccc1)c1ccccc1. The Kier molecular flexibility index (Phi) is 13.9. The Bertz CT molecular complexity index is 1510. The monoisotopic (exact) mass is 786 g/mol. The van der Waals surface area contributed by atoms with E-state index in [9.17, 15) is 0 Å². The molecule has 3 heteroatoms. The zero-order chi connectivity index (χ0) is 30.5. The molecule has 0 atom stereocenters. The van der Waals surface area contributed by atoms with E-state index in [4.69, 9.17) is 0 Å². The molecule has 0 saturated heterocycles. The molecule has 0 bridgehead atoms. The molecular formula is C41H44Cl2Hf-2. The van der Waals surface area contributed by atoms with E-state index in [0.717, 1.165) is 30.3 Å². The van der Waals surface area contributed by atoms with Crippen molar-refractivity contribution >= 4 is 3.26 Å². The van der Waals surface area contributed by atoms with E-state index in [2.05, 4.69) is 171 Å². The van der Waals surface area contributed by atoms with Crippen molar-refractivity contribution in [2.45, 2.75) is 72.6 Å². The van der Waals surface area contributed by atoms with Gasteiger partial charge in [0.15, 0.2) is 0 Å². The topological polar surface area (TPSA) is 0 Å². The number of hydrogen-bond donors (Lipinski definition) is 0. The van der Waals surface area contributed by atoms with Crippen LogP contribution in [0.5, 0.6) is 0 Å². The van der Waals surface area contributed by atoms with Gasteiger partial charge in [0, 0.05) is 0 Å². The number of rotatable bonds is 2. The fourth-order valence-electron chi connectivity index (χ4n) is 5.12. The summed E-state index contributed by atoms with van der Waals surface area (Å²) in [5, 5.41) is 0. The van der Waals surface area contributed by atoms with Crippen LogP contribution in [0.4, 0.5) is 0 Å². The third kappa shape index (κ3) is 10.0. The molecule has 0 aliphatic heterocycles. The van der Waals surface area contributed by atoms with Gasteiger partial charge in [-0.25, -0.2) is 11.6 Å². The van der Waals surface area contributed by atoms with Crippen molar-refractivity contribution in [3.8, 4) is 11.1 Å². The van der Waals surface area contributed by atoms with Crippen LogP contribution >= 0.6 is 0 Å². The summed E-state index contributed by atoms with van der Waals surface area (Å²) in [7, 11) is 0. The Balaban J connectivity index is 0.000000253. The van der Waals surface area contributed by atoms with E-state index in [1.54, 1.807) is 0 Å². The molecule has 0 nitrogen and oxygen atoms in total. The van der Waals surface area contributed by atoms with E-state index < -0.39 is 0 Å². The van der Waals surface area contributed by atoms with Crippen LogP contribution < -0.4 is 24.8 Å². The van der Waals surface area contributed by atoms with Crippen molar-refractivity contribution in [1.29, 1.82) is 0 Å². The zero-order valence-electron chi connectivity index (χ0n) is 27.4. The zero-order valence-corrected chi connectivity index (χ0v) is 32.5. The molecule has 5 aromatic rings. The Hall–Kier alpha value is -2.45. The number of benzene rings is 4. The quantitative estimate of drug-likeness (QED) is 0.180. The molecule has 6 rings (SSSR count). The Labute approximate surface area is 293 Å². The first kappa shape index (κ1) is 37.7. The summed E-state index contributed by atoms with van der Waals surface area (Å²) in [4.78, 5) is 0. The van der Waals surface area contributed by atoms with Gasteiger partial charge in [0.1, 0.15) is 0 Å². The summed E-state index contributed by atoms with van der Waals surface area (Å²) >= 11 is 1.08. The van der Waals surface area contributed by atoms with Gasteiger partial charge in [-0.05, 0) is 28.4 Å². The molecule has 0 radical (unpaired) electrons. The minimum atomic E-state index is 0. The van der Waals surface area contributed by atoms with E-state index in [0.29, 0.717) is 0 Å². The van der Waals surface area contributed by atoms with Gasteiger partial charge in [0.25, 0.3) is 0 Å². The average Bonchev–Trinajstić information content (AvgIpc) is 3.53. The van der Waals surface area contributed by atoms with Crippen molar-refractivity contribution in [1.82, 2.24) is 0 Å². The average molecular weight is 786 g/mol. The van der Waals surface area contributed by atoms with E-state index >= 15 is 0 Å². The van der Waals surface area contributed by atoms with Crippen LogP contribution in [-0.2, 0) is 41.1 Å². The second-order valence-electron chi connectivity index (χ2n) is 13.4. The molecule has 0 aromatic heterocycles. The molecule has 1 aliphatic rings. The first-order chi connectivity index (χ1) is 19.8. The predicted octanol–water partition coefficient (Wildman–Crippen LogP) is 4.49. The maximum absolute atomic E-state index is 3.67. The first-order valence-corrected chi connectivity index (χ1v) is 16.7. The van der Waals surface area contributed by atoms with Crippen LogP contribution in [0.2, 0.25) is 0 Å². The molecule has 0 saturated carbocycles. The molecule has 0 unspecified atom stereocenters. The molecule has 0 heterocycles. The van der Waals surface area contributed by atoms with Crippen LogP contribution in [0.25, 0.3) is 11.1 Å². The molecule has 0 N–H and O–H groups in total. The standard InChI is InChI=1S/C21H25.C13H10.C7H9.2ClH.Hf/c1-20(2,3)16-7-9-18-14(12-16)11-15-13-17(21(4,5)6)8-10-19(15)18;1-3-7-12(8-4-1)11-13-9-5-2-6-10-13;1-6-3-4-7(2)5-6;;;/h7-10,12H,11H2,1-6H3;1-10H;3-5H,1-2H3;2*1H;/q-1;;-1;;;+2/p-2. The van der Waals surface area contributed by atoms with Gasteiger partial charge in [-0.1, -0.05) is 79.2 Å². The van der Waals surface area contributed by atoms with E-state index in [1.807, 2.05) is 0 Å². The summed E-state index contributed by atoms with van der Waals surface area (Å²) < 4.78 is 1.46. The van der Waals surface area contributed by atoms with Crippen LogP contribution in [0.1, 0.15) is 86.1 Å². The Morgan fingerprint density at radius 3 is 1.66 bits per heavy atom. The molecule has 0 fully saturated rings. The van der Waals surface area contributed by atoms with Gasteiger partial charge in [-0.15, -0.1) is 11.1 Å². The van der Waals surface area contributed by atoms with Crippen LogP contribution in [0.15, 0.2) is 109 Å². The molecule has 44 heavy (non-hydrogen) atoms. The van der Waals surface area contributed by atoms with Crippen molar-refractivity contribution in [3.63, 3.8) is 0 Å². The molecule has 5 aromatic carbocycles. The van der Waals surface area contributed by atoms with Crippen LogP contribution in [0, 0.1) is 19.9 Å². The fourth-order valence-corrected chi connectivity index (χ4v) is 6.32. The summed E-state index contributed by atoms with van der Waals surface area (Å²) in [6.07, 6.45) is 1.03. The molecule has 0 amide bonds. The Morgan fingerprint density at radius 1 is 0.682 bits per heavy atom. The second-order valence-corrected chi connectivity index (χ2v) is 15.2. The van der Waals surface area contributed by atoms with Crippen molar-refractivity contribution in [2.24, 2.45) is 0 Å². The van der Waals surface area contributed by atoms with Gasteiger partial charge in [-0.3, -0.25) is 0 Å². The van der Waals surface area contributed by atoms with E-state index in [1.165, 1.54) is 58.9 Å². The number of halogens is 2. The van der Waals surface area contributed by atoms with Gasteiger partial charge in [0.2, 0.25) is 0 Å². The molecule has 228 valence electrons. The predicted molar refractivity (Wildman–Crippen MR) is 179 cm³/mol. The van der Waals surface area contributed by atoms with Crippen LogP contribution in [-0.4, -0.2) is 3.26 Å². The number of hydrogen-bond acceptors (Lipinski definition) is 0. The first-order valence-electron chi connectivity index (χ1n) is 14.9. The third-order valence-electron chi connectivity index (χ3n) is 7.65. The molecule has 0 spiro atoms. The van der Waals surface area contributed by atoms with Crippen molar-refractivity contribution in [2.75, 3.05) is 0 Å². The third-order valence-corrected chi connectivity index (χ3v) is 9.73. The second kappa shape index (κ2) is 16.2. The minimum absolute atomic E-state index is 0. The summed E-state index contributed by atoms with van der Waals surface area (Å²) in [6, 6.07) is 42.8. The Morgan fingerprint density at radius 2 is 1.23 bits per heavy atom. The summed E-state index contributed by atoms with van der Waals surface area (Å²) in [5.74, 6) is 0. The van der Waals surface area contributed by atoms with E-state index in [-0.39, 0.29) is 35.6 Å². The van der Waals surface area contributed by atoms with Crippen molar-refractivity contribution < 1.29 is 48.7 Å². The molecule has 1 aliphatic carbocycles. The molecular weight excluding hydrogens is 742 g/mol. The van der Waals surface area contributed by atoms with Gasteiger partial charge in [-0.2, -0.15) is 41.5 Å². The summed E-state index contributed by atoms with van der Waals surface area (Å²) in [5.41, 5.74) is 14.1. The van der Waals surface area contributed by atoms with Crippen LogP contribution in [0.3, 0.4) is 0 Å². The summed E-state index contributed by atoms with van der Waals surface area (Å²) in [6.45, 7) is 17.8. The normalized spacial score (nSPS) is 11.3. The van der Waals surface area contributed by atoms with Gasteiger partial charge in [0.05, 0.1) is 0 Å².